The monoisotopic (exact) mass is 354 g/mol. The van der Waals surface area contributed by atoms with Crippen molar-refractivity contribution in [1.82, 2.24) is 20.7 Å². The number of rotatable bonds is 5. The van der Waals surface area contributed by atoms with E-state index in [1.807, 2.05) is 30.3 Å². The first kappa shape index (κ1) is 16.0. The lowest BCUT2D eigenvalue weighted by Gasteiger charge is -2.33. The Kier molecular flexibility index (Phi) is 4.31. The molecule has 0 saturated heterocycles. The minimum Gasteiger partial charge on any atom is -0.355 e. The van der Waals surface area contributed by atoms with Crippen molar-refractivity contribution in [2.75, 3.05) is 0 Å². The molecule has 1 saturated carbocycles. The van der Waals surface area contributed by atoms with Crippen LogP contribution in [-0.2, 0) is 6.42 Å². The normalized spacial score (nSPS) is 19.4. The molecule has 0 aliphatic heterocycles. The highest BCUT2D eigenvalue weighted by Gasteiger charge is 2.34. The topological polar surface area (TPSA) is 80.9 Å². The van der Waals surface area contributed by atoms with Crippen LogP contribution in [-0.4, -0.2) is 27.3 Å². The molecule has 1 N–H and O–H groups in total. The Morgan fingerprint density at radius 3 is 2.80 bits per heavy atom. The molecule has 0 unspecified atom stereocenters. The Balaban J connectivity index is 1.34. The average Bonchev–Trinajstić information content (AvgIpc) is 3.27. The van der Waals surface area contributed by atoms with Crippen LogP contribution >= 0.6 is 11.3 Å². The van der Waals surface area contributed by atoms with Crippen LogP contribution in [0.4, 0.5) is 0 Å². The minimum absolute atomic E-state index is 0.156. The lowest BCUT2D eigenvalue weighted by Crippen LogP contribution is -2.43. The van der Waals surface area contributed by atoms with Crippen molar-refractivity contribution in [3.8, 4) is 11.3 Å². The zero-order chi connectivity index (χ0) is 17.2. The molecule has 1 aliphatic carbocycles. The Morgan fingerprint density at radius 1 is 1.28 bits per heavy atom. The second-order valence-electron chi connectivity index (χ2n) is 6.17. The van der Waals surface area contributed by atoms with E-state index in [2.05, 4.69) is 27.6 Å². The zero-order valence-corrected chi connectivity index (χ0v) is 14.6. The number of nitrogens with one attached hydrogen (secondary N) is 1. The van der Waals surface area contributed by atoms with Crippen molar-refractivity contribution < 1.29 is 9.32 Å². The molecule has 0 atom stereocenters. The summed E-state index contributed by atoms with van der Waals surface area (Å²) >= 11 is 1.67. The van der Waals surface area contributed by atoms with Crippen LogP contribution < -0.4 is 5.32 Å². The molecule has 0 spiro atoms. The fourth-order valence-corrected chi connectivity index (χ4v) is 3.80. The predicted molar refractivity (Wildman–Crippen MR) is 94.5 cm³/mol. The maximum Gasteiger partial charge on any atom is 0.273 e. The SMILES string of the molecule is CCc1nnc(C2CC(NC(=O)c3cc(-c4ccccc4)on3)C2)s1. The highest BCUT2D eigenvalue weighted by Crippen LogP contribution is 2.38. The molecule has 3 aromatic rings. The highest BCUT2D eigenvalue weighted by atomic mass is 32.1. The van der Waals surface area contributed by atoms with Crippen LogP contribution in [0.25, 0.3) is 11.3 Å². The first-order valence-corrected chi connectivity index (χ1v) is 9.20. The lowest BCUT2D eigenvalue weighted by atomic mass is 9.80. The average molecular weight is 354 g/mol. The second kappa shape index (κ2) is 6.76. The number of aromatic nitrogens is 3. The van der Waals surface area contributed by atoms with E-state index < -0.39 is 0 Å². The van der Waals surface area contributed by atoms with Crippen molar-refractivity contribution in [3.05, 3.63) is 52.1 Å². The van der Waals surface area contributed by atoms with E-state index in [0.717, 1.165) is 34.8 Å². The van der Waals surface area contributed by atoms with Gasteiger partial charge in [-0.25, -0.2) is 0 Å². The van der Waals surface area contributed by atoms with Gasteiger partial charge in [-0.1, -0.05) is 42.4 Å². The highest BCUT2D eigenvalue weighted by molar-refractivity contribution is 7.11. The van der Waals surface area contributed by atoms with E-state index >= 15 is 0 Å². The molecule has 2 heterocycles. The largest absolute Gasteiger partial charge is 0.355 e. The quantitative estimate of drug-likeness (QED) is 0.759. The van der Waals surface area contributed by atoms with Crippen LogP contribution in [0, 0.1) is 0 Å². The van der Waals surface area contributed by atoms with E-state index in [1.165, 1.54) is 0 Å². The van der Waals surface area contributed by atoms with Gasteiger partial charge in [-0.3, -0.25) is 4.79 Å². The Hall–Kier alpha value is -2.54. The summed E-state index contributed by atoms with van der Waals surface area (Å²) in [6.07, 6.45) is 2.71. The van der Waals surface area contributed by atoms with Gasteiger partial charge in [0.25, 0.3) is 5.91 Å². The third-order valence-corrected chi connectivity index (χ3v) is 5.64. The van der Waals surface area contributed by atoms with Gasteiger partial charge in [0.1, 0.15) is 10.0 Å². The van der Waals surface area contributed by atoms with Crippen LogP contribution in [0.1, 0.15) is 46.2 Å². The van der Waals surface area contributed by atoms with Crippen molar-refractivity contribution in [2.24, 2.45) is 0 Å². The van der Waals surface area contributed by atoms with Gasteiger partial charge in [0.2, 0.25) is 0 Å². The molecule has 2 aromatic heterocycles. The Labute approximate surface area is 149 Å². The summed E-state index contributed by atoms with van der Waals surface area (Å²) in [5.74, 6) is 0.805. The van der Waals surface area contributed by atoms with Gasteiger partial charge in [0.05, 0.1) is 0 Å². The van der Waals surface area contributed by atoms with E-state index in [9.17, 15) is 4.79 Å². The Morgan fingerprint density at radius 2 is 2.08 bits per heavy atom. The van der Waals surface area contributed by atoms with E-state index in [0.29, 0.717) is 17.4 Å². The minimum atomic E-state index is -0.194. The van der Waals surface area contributed by atoms with Gasteiger partial charge >= 0.3 is 0 Å². The van der Waals surface area contributed by atoms with E-state index in [-0.39, 0.29) is 11.9 Å². The summed E-state index contributed by atoms with van der Waals surface area (Å²) in [5, 5.41) is 17.5. The molecule has 0 bridgehead atoms. The number of nitrogens with zero attached hydrogens (tertiary/aromatic N) is 3. The molecule has 6 nitrogen and oxygen atoms in total. The lowest BCUT2D eigenvalue weighted by molar-refractivity contribution is 0.0899. The maximum atomic E-state index is 12.3. The summed E-state index contributed by atoms with van der Waals surface area (Å²) in [4.78, 5) is 12.3. The van der Waals surface area contributed by atoms with Gasteiger partial charge in [0, 0.05) is 23.6 Å². The molecule has 1 amide bonds. The van der Waals surface area contributed by atoms with Crippen molar-refractivity contribution in [3.63, 3.8) is 0 Å². The number of aryl methyl sites for hydroxylation is 1. The summed E-state index contributed by atoms with van der Waals surface area (Å²) in [5.41, 5.74) is 1.22. The maximum absolute atomic E-state index is 12.3. The summed E-state index contributed by atoms with van der Waals surface area (Å²) in [6.45, 7) is 2.08. The number of hydrogen-bond acceptors (Lipinski definition) is 6. The number of hydrogen-bond donors (Lipinski definition) is 1. The van der Waals surface area contributed by atoms with E-state index in [4.69, 9.17) is 4.52 Å². The molecule has 128 valence electrons. The van der Waals surface area contributed by atoms with Crippen LogP contribution in [0.5, 0.6) is 0 Å². The van der Waals surface area contributed by atoms with Crippen molar-refractivity contribution >= 4 is 17.2 Å². The van der Waals surface area contributed by atoms with Gasteiger partial charge in [-0.15, -0.1) is 21.5 Å². The molecule has 1 fully saturated rings. The number of carbonyl (C=O) groups excluding carboxylic acids is 1. The molecule has 4 rings (SSSR count). The second-order valence-corrected chi connectivity index (χ2v) is 7.26. The van der Waals surface area contributed by atoms with Crippen LogP contribution in [0.3, 0.4) is 0 Å². The van der Waals surface area contributed by atoms with Gasteiger partial charge in [-0.2, -0.15) is 0 Å². The fourth-order valence-electron chi connectivity index (χ4n) is 2.89. The van der Waals surface area contributed by atoms with E-state index in [1.54, 1.807) is 17.4 Å². The molecule has 25 heavy (non-hydrogen) atoms. The fraction of sp³-hybridized carbons (Fsp3) is 0.333. The van der Waals surface area contributed by atoms with Gasteiger partial charge in [0.15, 0.2) is 11.5 Å². The van der Waals surface area contributed by atoms with Crippen LogP contribution in [0.15, 0.2) is 40.9 Å². The molecule has 0 radical (unpaired) electrons. The molecule has 1 aromatic carbocycles. The smallest absolute Gasteiger partial charge is 0.273 e. The summed E-state index contributed by atoms with van der Waals surface area (Å²) in [6, 6.07) is 11.5. The zero-order valence-electron chi connectivity index (χ0n) is 13.8. The summed E-state index contributed by atoms with van der Waals surface area (Å²) < 4.78 is 5.28. The number of benzene rings is 1. The number of carbonyl (C=O) groups is 1. The van der Waals surface area contributed by atoms with Crippen LogP contribution in [0.2, 0.25) is 0 Å². The molecular weight excluding hydrogens is 336 g/mol. The molecule has 7 heteroatoms. The Bertz CT molecular complexity index is 868. The predicted octanol–water partition coefficient (Wildman–Crippen LogP) is 3.43. The van der Waals surface area contributed by atoms with Crippen molar-refractivity contribution in [1.29, 1.82) is 0 Å². The van der Waals surface area contributed by atoms with Gasteiger partial charge < -0.3 is 9.84 Å². The third-order valence-electron chi connectivity index (χ3n) is 4.41. The standard InChI is InChI=1S/C18H18N4O2S/c1-2-16-20-21-18(25-16)12-8-13(9-12)19-17(23)14-10-15(24-22-14)11-6-4-3-5-7-11/h3-7,10,12-13H,2,8-9H2,1H3,(H,19,23). The molecular formula is C18H18N4O2S. The number of amides is 1. The van der Waals surface area contributed by atoms with Gasteiger partial charge in [-0.05, 0) is 19.3 Å². The first-order valence-electron chi connectivity index (χ1n) is 8.38. The third kappa shape index (κ3) is 3.32. The van der Waals surface area contributed by atoms with Crippen molar-refractivity contribution in [2.45, 2.75) is 38.1 Å². The summed E-state index contributed by atoms with van der Waals surface area (Å²) in [7, 11) is 0. The first-order chi connectivity index (χ1) is 12.2. The molecule has 1 aliphatic rings.